The topological polar surface area (TPSA) is 38.0 Å². The van der Waals surface area contributed by atoms with Crippen LogP contribution in [0.25, 0.3) is 5.69 Å². The number of hydrogen-bond donors (Lipinski definition) is 1. The predicted molar refractivity (Wildman–Crippen MR) is 58.8 cm³/mol. The highest BCUT2D eigenvalue weighted by atomic mass is 19.1. The summed E-state index contributed by atoms with van der Waals surface area (Å²) in [5.74, 6) is -0.400. The van der Waals surface area contributed by atoms with E-state index in [-0.39, 0.29) is 0 Å². The van der Waals surface area contributed by atoms with Gasteiger partial charge in [-0.05, 0) is 37.6 Å². The van der Waals surface area contributed by atoms with Gasteiger partial charge in [0, 0.05) is 12.4 Å². The molecule has 0 radical (unpaired) electrons. The van der Waals surface area contributed by atoms with Gasteiger partial charge in [0.05, 0.1) is 5.60 Å². The van der Waals surface area contributed by atoms with Crippen LogP contribution in [-0.4, -0.2) is 14.9 Å². The van der Waals surface area contributed by atoms with Crippen molar-refractivity contribution >= 4 is 0 Å². The average molecular weight is 220 g/mol. The zero-order chi connectivity index (χ0) is 11.8. The van der Waals surface area contributed by atoms with E-state index in [4.69, 9.17) is 0 Å². The molecule has 1 aromatic carbocycles. The van der Waals surface area contributed by atoms with Crippen molar-refractivity contribution in [1.82, 2.24) is 9.78 Å². The molecule has 2 aromatic rings. The number of halogens is 1. The quantitative estimate of drug-likeness (QED) is 0.842. The van der Waals surface area contributed by atoms with Crippen LogP contribution in [0.5, 0.6) is 0 Å². The van der Waals surface area contributed by atoms with Crippen LogP contribution in [0.1, 0.15) is 19.4 Å². The standard InChI is InChI=1S/C12H13FN2O/c1-12(2,16)9-4-5-11(10(13)8-9)15-7-3-6-14-15/h3-8,16H,1-2H3. The van der Waals surface area contributed by atoms with E-state index in [1.165, 1.54) is 10.7 Å². The zero-order valence-electron chi connectivity index (χ0n) is 9.18. The average Bonchev–Trinajstić information content (AvgIpc) is 2.69. The van der Waals surface area contributed by atoms with E-state index in [9.17, 15) is 9.50 Å². The summed E-state index contributed by atoms with van der Waals surface area (Å²) in [6.45, 7) is 3.24. The molecule has 0 fully saturated rings. The molecule has 1 N–H and O–H groups in total. The fourth-order valence-corrected chi connectivity index (χ4v) is 1.48. The van der Waals surface area contributed by atoms with E-state index >= 15 is 0 Å². The summed E-state index contributed by atoms with van der Waals surface area (Å²) in [7, 11) is 0. The van der Waals surface area contributed by atoms with Gasteiger partial charge in [-0.15, -0.1) is 0 Å². The predicted octanol–water partition coefficient (Wildman–Crippen LogP) is 2.24. The molecule has 4 heteroatoms. The minimum atomic E-state index is -1.04. The van der Waals surface area contributed by atoms with Gasteiger partial charge in [0.25, 0.3) is 0 Å². The Labute approximate surface area is 93.2 Å². The summed E-state index contributed by atoms with van der Waals surface area (Å²) >= 11 is 0. The van der Waals surface area contributed by atoms with Gasteiger partial charge in [0.1, 0.15) is 11.5 Å². The molecular weight excluding hydrogens is 207 g/mol. The van der Waals surface area contributed by atoms with Gasteiger partial charge < -0.3 is 5.11 Å². The maximum Gasteiger partial charge on any atom is 0.149 e. The van der Waals surface area contributed by atoms with Gasteiger partial charge in [-0.2, -0.15) is 5.10 Å². The van der Waals surface area contributed by atoms with Crippen LogP contribution in [0.2, 0.25) is 0 Å². The first kappa shape index (κ1) is 10.8. The van der Waals surface area contributed by atoms with E-state index < -0.39 is 11.4 Å². The highest BCUT2D eigenvalue weighted by Gasteiger charge is 2.17. The highest BCUT2D eigenvalue weighted by molar-refractivity contribution is 5.37. The Morgan fingerprint density at radius 1 is 1.38 bits per heavy atom. The van der Waals surface area contributed by atoms with Crippen molar-refractivity contribution in [3.63, 3.8) is 0 Å². The third-order valence-electron chi connectivity index (χ3n) is 2.41. The van der Waals surface area contributed by atoms with Crippen LogP contribution in [0.3, 0.4) is 0 Å². The van der Waals surface area contributed by atoms with Crippen LogP contribution in [-0.2, 0) is 5.60 Å². The molecule has 3 nitrogen and oxygen atoms in total. The van der Waals surface area contributed by atoms with Crippen molar-refractivity contribution in [3.8, 4) is 5.69 Å². The second-order valence-corrected chi connectivity index (χ2v) is 4.18. The van der Waals surface area contributed by atoms with Crippen LogP contribution in [0.15, 0.2) is 36.7 Å². The number of rotatable bonds is 2. The summed E-state index contributed by atoms with van der Waals surface area (Å²) in [6, 6.07) is 6.36. The van der Waals surface area contributed by atoms with Crippen molar-refractivity contribution in [2.75, 3.05) is 0 Å². The summed E-state index contributed by atoms with van der Waals surface area (Å²) < 4.78 is 15.2. The number of aliphatic hydroxyl groups is 1. The Bertz CT molecular complexity index is 486. The van der Waals surface area contributed by atoms with E-state index in [0.29, 0.717) is 11.3 Å². The monoisotopic (exact) mass is 220 g/mol. The fraction of sp³-hybridized carbons (Fsp3) is 0.250. The Balaban J connectivity index is 2.46. The van der Waals surface area contributed by atoms with Gasteiger partial charge in [-0.25, -0.2) is 9.07 Å². The lowest BCUT2D eigenvalue weighted by Crippen LogP contribution is -2.16. The lowest BCUT2D eigenvalue weighted by atomic mass is 9.98. The van der Waals surface area contributed by atoms with Crippen molar-refractivity contribution in [1.29, 1.82) is 0 Å². The molecule has 0 bridgehead atoms. The van der Waals surface area contributed by atoms with Crippen LogP contribution >= 0.6 is 0 Å². The summed E-state index contributed by atoms with van der Waals surface area (Å²) in [4.78, 5) is 0. The van der Waals surface area contributed by atoms with Crippen molar-refractivity contribution in [2.45, 2.75) is 19.4 Å². The van der Waals surface area contributed by atoms with Gasteiger partial charge in [-0.3, -0.25) is 0 Å². The second kappa shape index (κ2) is 3.72. The Morgan fingerprint density at radius 2 is 2.12 bits per heavy atom. The molecule has 0 atom stereocenters. The molecule has 0 saturated heterocycles. The third kappa shape index (κ3) is 1.97. The SMILES string of the molecule is CC(C)(O)c1ccc(-n2cccn2)c(F)c1. The number of hydrogen-bond acceptors (Lipinski definition) is 2. The van der Waals surface area contributed by atoms with Gasteiger partial charge in [0.15, 0.2) is 0 Å². The molecule has 1 heterocycles. The maximum absolute atomic E-state index is 13.8. The summed E-state index contributed by atoms with van der Waals surface area (Å²) in [6.07, 6.45) is 3.26. The molecule has 16 heavy (non-hydrogen) atoms. The molecular formula is C12H13FN2O. The molecule has 0 aliphatic heterocycles. The smallest absolute Gasteiger partial charge is 0.149 e. The van der Waals surface area contributed by atoms with E-state index in [2.05, 4.69) is 5.10 Å². The van der Waals surface area contributed by atoms with Crippen molar-refractivity contribution in [2.24, 2.45) is 0 Å². The van der Waals surface area contributed by atoms with Gasteiger partial charge >= 0.3 is 0 Å². The first-order valence-electron chi connectivity index (χ1n) is 5.01. The summed E-state index contributed by atoms with van der Waals surface area (Å²) in [5.41, 5.74) is -0.123. The molecule has 0 spiro atoms. The molecule has 0 unspecified atom stereocenters. The van der Waals surface area contributed by atoms with Gasteiger partial charge in [-0.1, -0.05) is 6.07 Å². The molecule has 84 valence electrons. The van der Waals surface area contributed by atoms with E-state index in [1.54, 1.807) is 44.4 Å². The van der Waals surface area contributed by atoms with Crippen LogP contribution in [0, 0.1) is 5.82 Å². The van der Waals surface area contributed by atoms with E-state index in [1.807, 2.05) is 0 Å². The maximum atomic E-state index is 13.8. The minimum Gasteiger partial charge on any atom is -0.386 e. The Morgan fingerprint density at radius 3 is 2.62 bits per heavy atom. The summed E-state index contributed by atoms with van der Waals surface area (Å²) in [5, 5.41) is 13.7. The number of nitrogens with zero attached hydrogens (tertiary/aromatic N) is 2. The number of benzene rings is 1. The van der Waals surface area contributed by atoms with Crippen LogP contribution < -0.4 is 0 Å². The number of aromatic nitrogens is 2. The molecule has 2 rings (SSSR count). The highest BCUT2D eigenvalue weighted by Crippen LogP contribution is 2.23. The molecule has 0 aliphatic rings. The van der Waals surface area contributed by atoms with Crippen LogP contribution in [0.4, 0.5) is 4.39 Å². The van der Waals surface area contributed by atoms with Crippen molar-refractivity contribution < 1.29 is 9.50 Å². The fourth-order valence-electron chi connectivity index (χ4n) is 1.48. The zero-order valence-corrected chi connectivity index (χ0v) is 9.18. The minimum absolute atomic E-state index is 0.373. The lowest BCUT2D eigenvalue weighted by Gasteiger charge is -2.18. The molecule has 0 aliphatic carbocycles. The first-order valence-corrected chi connectivity index (χ1v) is 5.01. The third-order valence-corrected chi connectivity index (χ3v) is 2.41. The second-order valence-electron chi connectivity index (χ2n) is 4.18. The first-order chi connectivity index (χ1) is 7.48. The lowest BCUT2D eigenvalue weighted by molar-refractivity contribution is 0.0782. The Hall–Kier alpha value is -1.68. The Kier molecular flexibility index (Phi) is 2.52. The molecule has 0 amide bonds. The van der Waals surface area contributed by atoms with Crippen molar-refractivity contribution in [3.05, 3.63) is 48.0 Å². The van der Waals surface area contributed by atoms with E-state index in [0.717, 1.165) is 0 Å². The normalized spacial score (nSPS) is 11.8. The largest absolute Gasteiger partial charge is 0.386 e. The van der Waals surface area contributed by atoms with Gasteiger partial charge in [0.2, 0.25) is 0 Å². The molecule has 0 saturated carbocycles. The molecule has 1 aromatic heterocycles.